The molecule has 0 heterocycles. The van der Waals surface area contributed by atoms with Crippen molar-refractivity contribution >= 4 is 18.2 Å². The second-order valence-corrected chi connectivity index (χ2v) is 7.89. The number of carbonyl (C=O) groups excluding carboxylic acids is 2. The molecule has 8 nitrogen and oxygen atoms in total. The van der Waals surface area contributed by atoms with Gasteiger partial charge in [0, 0.05) is 5.92 Å². The summed E-state index contributed by atoms with van der Waals surface area (Å²) in [5.74, 6) is -1.61. The van der Waals surface area contributed by atoms with Gasteiger partial charge in [0.05, 0.1) is 0 Å². The number of ether oxygens (including phenoxy) is 2. The van der Waals surface area contributed by atoms with Crippen molar-refractivity contribution in [2.24, 2.45) is 0 Å². The van der Waals surface area contributed by atoms with Gasteiger partial charge in [-0.25, -0.2) is 14.4 Å². The van der Waals surface area contributed by atoms with Gasteiger partial charge < -0.3 is 14.6 Å². The number of nitrogens with one attached hydrogen (secondary N) is 2. The lowest BCUT2D eigenvalue weighted by atomic mass is 9.98. The van der Waals surface area contributed by atoms with E-state index in [2.05, 4.69) is 10.6 Å². The normalized spacial score (nSPS) is 13.6. The maximum Gasteiger partial charge on any atom is 0.409 e. The van der Waals surface area contributed by atoms with E-state index in [1.807, 2.05) is 48.5 Å². The highest BCUT2D eigenvalue weighted by molar-refractivity contribution is 5.84. The van der Waals surface area contributed by atoms with E-state index in [-0.39, 0.29) is 12.5 Å². The van der Waals surface area contributed by atoms with E-state index in [0.29, 0.717) is 0 Å². The van der Waals surface area contributed by atoms with Crippen LogP contribution >= 0.6 is 0 Å². The number of carboxylic acid groups (broad SMARTS) is 1. The van der Waals surface area contributed by atoms with Gasteiger partial charge in [-0.1, -0.05) is 48.5 Å². The summed E-state index contributed by atoms with van der Waals surface area (Å²) < 4.78 is 10.3. The van der Waals surface area contributed by atoms with Crippen LogP contribution in [0.5, 0.6) is 0 Å². The van der Waals surface area contributed by atoms with E-state index in [4.69, 9.17) is 9.47 Å². The highest BCUT2D eigenvalue weighted by atomic mass is 16.6. The molecule has 158 valence electrons. The fraction of sp³-hybridized carbons (Fsp3) is 0.318. The molecule has 2 aromatic rings. The van der Waals surface area contributed by atoms with Crippen LogP contribution in [0.3, 0.4) is 0 Å². The highest BCUT2D eigenvalue weighted by Crippen LogP contribution is 2.44. The van der Waals surface area contributed by atoms with Crippen molar-refractivity contribution in [1.29, 1.82) is 0 Å². The van der Waals surface area contributed by atoms with Gasteiger partial charge in [-0.2, -0.15) is 0 Å². The number of alkyl carbamates (subject to hydrolysis) is 2. The first-order valence-corrected chi connectivity index (χ1v) is 9.49. The van der Waals surface area contributed by atoms with E-state index in [1.54, 1.807) is 20.8 Å². The van der Waals surface area contributed by atoms with Crippen LogP contribution in [0.1, 0.15) is 37.8 Å². The molecule has 0 spiro atoms. The van der Waals surface area contributed by atoms with Crippen molar-refractivity contribution in [2.75, 3.05) is 6.61 Å². The van der Waals surface area contributed by atoms with Crippen molar-refractivity contribution in [3.8, 4) is 11.1 Å². The lowest BCUT2D eigenvalue weighted by Gasteiger charge is -2.22. The van der Waals surface area contributed by atoms with Crippen molar-refractivity contribution in [3.05, 3.63) is 59.7 Å². The zero-order valence-corrected chi connectivity index (χ0v) is 17.0. The summed E-state index contributed by atoms with van der Waals surface area (Å²) in [6, 6.07) is 15.7. The van der Waals surface area contributed by atoms with Gasteiger partial charge in [0.25, 0.3) is 0 Å². The predicted molar refractivity (Wildman–Crippen MR) is 109 cm³/mol. The Hall–Kier alpha value is -3.55. The SMILES string of the molecule is CC(C)(C)OC(=O)N[C@@H](NC(=O)OCC1c2ccccc2-c2ccccc21)C(=O)O. The molecule has 1 atom stereocenters. The predicted octanol–water partition coefficient (Wildman–Crippen LogP) is 3.46. The van der Waals surface area contributed by atoms with Gasteiger partial charge in [-0.3, -0.25) is 10.6 Å². The Morgan fingerprint density at radius 1 is 0.933 bits per heavy atom. The second-order valence-electron chi connectivity index (χ2n) is 7.89. The molecular weight excluding hydrogens is 388 g/mol. The van der Waals surface area contributed by atoms with E-state index in [9.17, 15) is 19.5 Å². The molecule has 1 aliphatic rings. The standard InChI is InChI=1S/C22H24N2O6/c1-22(2,3)30-21(28)24-18(19(25)26)23-20(27)29-12-17-15-10-6-4-8-13(15)14-9-5-7-11-16(14)17/h4-11,17-18H,12H2,1-3H3,(H,23,27)(H,24,28)(H,25,26)/t18-/m1/s1. The Morgan fingerprint density at radius 2 is 1.43 bits per heavy atom. The average molecular weight is 412 g/mol. The second kappa shape index (κ2) is 8.44. The molecule has 0 unspecified atom stereocenters. The van der Waals surface area contributed by atoms with Crippen molar-refractivity contribution in [2.45, 2.75) is 38.5 Å². The lowest BCUT2D eigenvalue weighted by Crippen LogP contribution is -2.54. The Bertz CT molecular complexity index is 921. The maximum atomic E-state index is 12.2. The fourth-order valence-corrected chi connectivity index (χ4v) is 3.34. The van der Waals surface area contributed by atoms with Gasteiger partial charge in [-0.05, 0) is 43.0 Å². The molecule has 0 fully saturated rings. The van der Waals surface area contributed by atoms with Gasteiger partial charge >= 0.3 is 18.2 Å². The summed E-state index contributed by atoms with van der Waals surface area (Å²) in [5.41, 5.74) is 3.42. The number of hydrogen-bond acceptors (Lipinski definition) is 5. The van der Waals surface area contributed by atoms with Crippen LogP contribution in [0.4, 0.5) is 9.59 Å². The van der Waals surface area contributed by atoms with Gasteiger partial charge in [-0.15, -0.1) is 0 Å². The molecule has 0 saturated carbocycles. The number of benzene rings is 2. The Balaban J connectivity index is 1.64. The molecule has 3 N–H and O–H groups in total. The molecule has 0 aliphatic heterocycles. The van der Waals surface area contributed by atoms with Crippen LogP contribution in [0.2, 0.25) is 0 Å². The number of carboxylic acids is 1. The van der Waals surface area contributed by atoms with Crippen molar-refractivity contribution in [1.82, 2.24) is 10.6 Å². The van der Waals surface area contributed by atoms with Crippen LogP contribution in [0.15, 0.2) is 48.5 Å². The lowest BCUT2D eigenvalue weighted by molar-refractivity contribution is -0.140. The number of hydrogen-bond donors (Lipinski definition) is 3. The zero-order chi connectivity index (χ0) is 21.9. The minimum Gasteiger partial charge on any atom is -0.478 e. The first kappa shape index (κ1) is 21.2. The van der Waals surface area contributed by atoms with Crippen LogP contribution < -0.4 is 10.6 Å². The summed E-state index contributed by atoms with van der Waals surface area (Å²) >= 11 is 0. The zero-order valence-electron chi connectivity index (χ0n) is 17.0. The quantitative estimate of drug-likeness (QED) is 0.648. The molecular formula is C22H24N2O6. The van der Waals surface area contributed by atoms with Crippen LogP contribution in [-0.4, -0.2) is 41.6 Å². The highest BCUT2D eigenvalue weighted by Gasteiger charge is 2.30. The molecule has 0 radical (unpaired) electrons. The largest absolute Gasteiger partial charge is 0.478 e. The third kappa shape index (κ3) is 4.89. The Morgan fingerprint density at radius 3 is 1.93 bits per heavy atom. The summed E-state index contributed by atoms with van der Waals surface area (Å²) in [6.07, 6.45) is -3.61. The molecule has 0 saturated heterocycles. The minimum absolute atomic E-state index is 0.0264. The monoisotopic (exact) mass is 412 g/mol. The summed E-state index contributed by atoms with van der Waals surface area (Å²) in [6.45, 7) is 4.95. The average Bonchev–Trinajstić information content (AvgIpc) is 2.98. The topological polar surface area (TPSA) is 114 Å². The Kier molecular flexibility index (Phi) is 5.96. The van der Waals surface area contributed by atoms with E-state index in [1.165, 1.54) is 0 Å². The number of amides is 2. The first-order chi connectivity index (χ1) is 14.2. The molecule has 2 amide bonds. The number of carbonyl (C=O) groups is 3. The minimum atomic E-state index is -1.68. The van der Waals surface area contributed by atoms with E-state index < -0.39 is 29.9 Å². The van der Waals surface area contributed by atoms with Crippen molar-refractivity contribution in [3.63, 3.8) is 0 Å². The van der Waals surface area contributed by atoms with E-state index >= 15 is 0 Å². The van der Waals surface area contributed by atoms with Gasteiger partial charge in [0.15, 0.2) is 0 Å². The van der Waals surface area contributed by atoms with Crippen LogP contribution in [0, 0.1) is 0 Å². The molecule has 1 aliphatic carbocycles. The van der Waals surface area contributed by atoms with Gasteiger partial charge in [0.2, 0.25) is 6.17 Å². The molecule has 2 aromatic carbocycles. The number of fused-ring (bicyclic) bond motifs is 3. The summed E-state index contributed by atoms with van der Waals surface area (Å²) in [7, 11) is 0. The molecule has 8 heteroatoms. The molecule has 3 rings (SSSR count). The third-order valence-electron chi connectivity index (χ3n) is 4.51. The maximum absolute atomic E-state index is 12.2. The smallest absolute Gasteiger partial charge is 0.409 e. The molecule has 0 bridgehead atoms. The van der Waals surface area contributed by atoms with E-state index in [0.717, 1.165) is 22.3 Å². The first-order valence-electron chi connectivity index (χ1n) is 9.49. The van der Waals surface area contributed by atoms with Gasteiger partial charge in [0.1, 0.15) is 12.2 Å². The van der Waals surface area contributed by atoms with Crippen molar-refractivity contribution < 1.29 is 29.0 Å². The van der Waals surface area contributed by atoms with Crippen LogP contribution in [-0.2, 0) is 14.3 Å². The van der Waals surface area contributed by atoms with Crippen LogP contribution in [0.25, 0.3) is 11.1 Å². The summed E-state index contributed by atoms with van der Waals surface area (Å²) in [4.78, 5) is 35.4. The number of aliphatic carboxylic acids is 1. The fourth-order valence-electron chi connectivity index (χ4n) is 3.34. The molecule has 0 aromatic heterocycles. The summed E-state index contributed by atoms with van der Waals surface area (Å²) in [5, 5.41) is 13.5. The molecule has 30 heavy (non-hydrogen) atoms. The third-order valence-corrected chi connectivity index (χ3v) is 4.51. The Labute approximate surface area is 174 Å². The number of rotatable bonds is 5.